The van der Waals surface area contributed by atoms with Crippen LogP contribution in [-0.4, -0.2) is 49.4 Å². The van der Waals surface area contributed by atoms with Gasteiger partial charge in [-0.2, -0.15) is 4.99 Å². The van der Waals surface area contributed by atoms with Crippen molar-refractivity contribution in [3.8, 4) is 5.75 Å². The molecular weight excluding hydrogens is 336 g/mol. The van der Waals surface area contributed by atoms with Crippen molar-refractivity contribution < 1.29 is 17.9 Å². The molecular formula is C15H18N2O4S2. The third-order valence-electron chi connectivity index (χ3n) is 3.93. The van der Waals surface area contributed by atoms with Gasteiger partial charge < -0.3 is 9.64 Å². The highest BCUT2D eigenvalue weighted by Crippen LogP contribution is 2.43. The van der Waals surface area contributed by atoms with Crippen LogP contribution in [0.5, 0.6) is 5.75 Å². The number of fused-ring (bicyclic) bond motifs is 1. The predicted molar refractivity (Wildman–Crippen MR) is 92.0 cm³/mol. The number of amidine groups is 1. The number of aliphatic imine (C=N–C) groups is 1. The minimum absolute atomic E-state index is 0.0715. The van der Waals surface area contributed by atoms with E-state index >= 15 is 0 Å². The van der Waals surface area contributed by atoms with Gasteiger partial charge in [-0.1, -0.05) is 30.8 Å². The molecule has 0 spiro atoms. The molecule has 3 rings (SSSR count). The van der Waals surface area contributed by atoms with Crippen LogP contribution in [0.3, 0.4) is 0 Å². The molecule has 1 amide bonds. The molecule has 23 heavy (non-hydrogen) atoms. The molecule has 2 heterocycles. The number of hydrogen-bond donors (Lipinski definition) is 0. The van der Waals surface area contributed by atoms with E-state index in [1.54, 1.807) is 14.0 Å². The van der Waals surface area contributed by atoms with Crippen molar-refractivity contribution in [2.45, 2.75) is 24.6 Å². The molecule has 2 atom stereocenters. The summed E-state index contributed by atoms with van der Waals surface area (Å²) in [5.74, 6) is 0.611. The maximum atomic E-state index is 12.0. The van der Waals surface area contributed by atoms with Gasteiger partial charge in [-0.25, -0.2) is 8.42 Å². The van der Waals surface area contributed by atoms with Gasteiger partial charge in [0.2, 0.25) is 5.91 Å². The first-order valence-electron chi connectivity index (χ1n) is 7.36. The van der Waals surface area contributed by atoms with Crippen LogP contribution in [0.2, 0.25) is 0 Å². The van der Waals surface area contributed by atoms with Gasteiger partial charge in [-0.05, 0) is 12.1 Å². The molecule has 2 aliphatic rings. The van der Waals surface area contributed by atoms with Gasteiger partial charge in [-0.15, -0.1) is 0 Å². The summed E-state index contributed by atoms with van der Waals surface area (Å²) in [6, 6.07) is 7.17. The molecule has 2 saturated heterocycles. The largest absolute Gasteiger partial charge is 0.495 e. The highest BCUT2D eigenvalue weighted by molar-refractivity contribution is 8.16. The van der Waals surface area contributed by atoms with E-state index in [1.165, 1.54) is 11.8 Å². The van der Waals surface area contributed by atoms with E-state index in [0.717, 1.165) is 5.69 Å². The number of amides is 1. The summed E-state index contributed by atoms with van der Waals surface area (Å²) in [6.07, 6.45) is 0.317. The number of carbonyl (C=O) groups is 1. The van der Waals surface area contributed by atoms with Crippen LogP contribution in [0, 0.1) is 0 Å². The van der Waals surface area contributed by atoms with Crippen molar-refractivity contribution in [3.63, 3.8) is 0 Å². The summed E-state index contributed by atoms with van der Waals surface area (Å²) in [5.41, 5.74) is 0.745. The topological polar surface area (TPSA) is 76.0 Å². The minimum Gasteiger partial charge on any atom is -0.495 e. The Bertz CT molecular complexity index is 760. The Labute approximate surface area is 139 Å². The van der Waals surface area contributed by atoms with E-state index in [4.69, 9.17) is 4.74 Å². The first-order chi connectivity index (χ1) is 10.9. The zero-order valence-corrected chi connectivity index (χ0v) is 14.6. The number of para-hydroxylation sites is 2. The molecule has 0 unspecified atom stereocenters. The number of carbonyl (C=O) groups excluding carboxylic acids is 1. The van der Waals surface area contributed by atoms with Gasteiger partial charge in [0.05, 0.1) is 30.3 Å². The molecule has 124 valence electrons. The predicted octanol–water partition coefficient (Wildman–Crippen LogP) is 1.71. The molecule has 0 radical (unpaired) electrons. The van der Waals surface area contributed by atoms with Crippen molar-refractivity contribution in [2.24, 2.45) is 4.99 Å². The average molecular weight is 354 g/mol. The lowest BCUT2D eigenvalue weighted by atomic mass is 10.2. The number of sulfone groups is 1. The van der Waals surface area contributed by atoms with Crippen molar-refractivity contribution in [2.75, 3.05) is 23.5 Å². The quantitative estimate of drug-likeness (QED) is 0.822. The summed E-state index contributed by atoms with van der Waals surface area (Å²) in [4.78, 5) is 17.8. The molecule has 0 aliphatic carbocycles. The number of nitrogens with zero attached hydrogens (tertiary/aromatic N) is 2. The van der Waals surface area contributed by atoms with E-state index in [9.17, 15) is 13.2 Å². The zero-order valence-electron chi connectivity index (χ0n) is 12.9. The van der Waals surface area contributed by atoms with Crippen LogP contribution in [0.15, 0.2) is 29.3 Å². The molecule has 2 fully saturated rings. The van der Waals surface area contributed by atoms with Gasteiger partial charge >= 0.3 is 0 Å². The third-order valence-corrected chi connectivity index (χ3v) is 7.14. The Morgan fingerprint density at radius 3 is 2.83 bits per heavy atom. The van der Waals surface area contributed by atoms with Crippen LogP contribution in [0.1, 0.15) is 13.3 Å². The number of methoxy groups -OCH3 is 1. The number of anilines is 1. The van der Waals surface area contributed by atoms with Gasteiger partial charge in [0.15, 0.2) is 15.0 Å². The number of ether oxygens (including phenoxy) is 1. The van der Waals surface area contributed by atoms with E-state index < -0.39 is 9.84 Å². The minimum atomic E-state index is -3.07. The fourth-order valence-electron chi connectivity index (χ4n) is 2.86. The second-order valence-electron chi connectivity index (χ2n) is 5.48. The Morgan fingerprint density at radius 1 is 1.39 bits per heavy atom. The highest BCUT2D eigenvalue weighted by atomic mass is 32.2. The van der Waals surface area contributed by atoms with Crippen LogP contribution in [-0.2, 0) is 14.6 Å². The molecule has 1 aromatic carbocycles. The molecule has 1 aromatic rings. The summed E-state index contributed by atoms with van der Waals surface area (Å²) in [5, 5.41) is 0.458. The SMILES string of the molecule is CCC(=O)N=C1S[C@@H]2CS(=O)(=O)C[C@H]2N1c1ccccc1OC. The van der Waals surface area contributed by atoms with Gasteiger partial charge in [0, 0.05) is 11.7 Å². The molecule has 2 aliphatic heterocycles. The molecule has 0 N–H and O–H groups in total. The first kappa shape index (κ1) is 16.3. The number of rotatable bonds is 3. The second kappa shape index (κ2) is 6.16. The van der Waals surface area contributed by atoms with Gasteiger partial charge in [0.25, 0.3) is 0 Å². The second-order valence-corrected chi connectivity index (χ2v) is 8.84. The Kier molecular flexibility index (Phi) is 4.37. The van der Waals surface area contributed by atoms with Gasteiger partial charge in [0.1, 0.15) is 5.75 Å². The fraction of sp³-hybridized carbons (Fsp3) is 0.467. The lowest BCUT2D eigenvalue weighted by molar-refractivity contribution is -0.117. The van der Waals surface area contributed by atoms with Crippen LogP contribution in [0.4, 0.5) is 5.69 Å². The van der Waals surface area contributed by atoms with E-state index in [2.05, 4.69) is 4.99 Å². The highest BCUT2D eigenvalue weighted by Gasteiger charge is 2.49. The first-order valence-corrected chi connectivity index (χ1v) is 10.1. The fourth-order valence-corrected chi connectivity index (χ4v) is 6.78. The van der Waals surface area contributed by atoms with Crippen molar-refractivity contribution in [1.82, 2.24) is 0 Å². The van der Waals surface area contributed by atoms with Crippen molar-refractivity contribution in [3.05, 3.63) is 24.3 Å². The van der Waals surface area contributed by atoms with Gasteiger partial charge in [-0.3, -0.25) is 4.79 Å². The maximum absolute atomic E-state index is 12.0. The monoisotopic (exact) mass is 354 g/mol. The Balaban J connectivity index is 2.07. The zero-order chi connectivity index (χ0) is 16.6. The lowest BCUT2D eigenvalue weighted by Gasteiger charge is -2.26. The third kappa shape index (κ3) is 3.10. The van der Waals surface area contributed by atoms with E-state index in [1.807, 2.05) is 29.2 Å². The van der Waals surface area contributed by atoms with E-state index in [0.29, 0.717) is 17.3 Å². The number of thioether (sulfide) groups is 1. The maximum Gasteiger partial charge on any atom is 0.247 e. The summed E-state index contributed by atoms with van der Waals surface area (Å²) in [7, 11) is -1.50. The summed E-state index contributed by atoms with van der Waals surface area (Å²) >= 11 is 1.37. The van der Waals surface area contributed by atoms with Crippen LogP contribution in [0.25, 0.3) is 0 Å². The molecule has 6 nitrogen and oxygen atoms in total. The Hall–Kier alpha value is -1.54. The standard InChI is InChI=1S/C15H18N2O4S2/c1-3-14(18)16-15-17(10-6-4-5-7-12(10)21-2)11-8-23(19,20)9-13(11)22-15/h4-7,11,13H,3,8-9H2,1-2H3/t11-,13-/m1/s1. The number of hydrogen-bond acceptors (Lipinski definition) is 5. The molecule has 8 heteroatoms. The van der Waals surface area contributed by atoms with Crippen LogP contribution < -0.4 is 9.64 Å². The molecule has 0 saturated carbocycles. The average Bonchev–Trinajstić information content (AvgIpc) is 2.98. The molecule has 0 aromatic heterocycles. The summed E-state index contributed by atoms with van der Waals surface area (Å²) in [6.45, 7) is 1.75. The van der Waals surface area contributed by atoms with Crippen molar-refractivity contribution in [1.29, 1.82) is 0 Å². The molecule has 0 bridgehead atoms. The van der Waals surface area contributed by atoms with Crippen LogP contribution >= 0.6 is 11.8 Å². The van der Waals surface area contributed by atoms with Crippen molar-refractivity contribution >= 4 is 38.4 Å². The van der Waals surface area contributed by atoms with E-state index in [-0.39, 0.29) is 28.7 Å². The summed E-state index contributed by atoms with van der Waals surface area (Å²) < 4.78 is 29.4. The normalized spacial score (nSPS) is 27.2. The smallest absolute Gasteiger partial charge is 0.247 e. The lowest BCUT2D eigenvalue weighted by Crippen LogP contribution is -2.37. The Morgan fingerprint density at radius 2 is 2.13 bits per heavy atom. The number of benzene rings is 1.